The smallest absolute Gasteiger partial charge is 0.225 e. The number of unbranched alkanes of at least 4 members (excludes halogenated alkanes) is 2. The summed E-state index contributed by atoms with van der Waals surface area (Å²) in [7, 11) is 0. The van der Waals surface area contributed by atoms with Crippen LogP contribution in [0.1, 0.15) is 57.8 Å². The van der Waals surface area contributed by atoms with Gasteiger partial charge in [-0.15, -0.1) is 0 Å². The fraction of sp³-hybridized carbons (Fsp3) is 0.941. The molecule has 0 aromatic heterocycles. The summed E-state index contributed by atoms with van der Waals surface area (Å²) in [6.07, 6.45) is 11.0. The van der Waals surface area contributed by atoms with E-state index in [1.807, 2.05) is 0 Å². The van der Waals surface area contributed by atoms with Crippen LogP contribution in [-0.4, -0.2) is 55.0 Å². The highest BCUT2D eigenvalue weighted by molar-refractivity contribution is 5.79. The van der Waals surface area contributed by atoms with Crippen LogP contribution >= 0.6 is 0 Å². The predicted octanol–water partition coefficient (Wildman–Crippen LogP) is 2.23. The Balaban J connectivity index is 1.66. The van der Waals surface area contributed by atoms with Gasteiger partial charge in [-0.2, -0.15) is 0 Å². The van der Waals surface area contributed by atoms with Gasteiger partial charge in [0.05, 0.1) is 0 Å². The Morgan fingerprint density at radius 2 is 1.57 bits per heavy atom. The Morgan fingerprint density at radius 3 is 2.19 bits per heavy atom. The van der Waals surface area contributed by atoms with Gasteiger partial charge in [0.1, 0.15) is 0 Å². The number of carbonyl (C=O) groups excluding carboxylic acids is 1. The molecule has 0 aromatic carbocycles. The Hall–Kier alpha value is -0.610. The topological polar surface area (TPSA) is 49.6 Å². The molecular formula is C17H33N3O. The Kier molecular flexibility index (Phi) is 7.51. The van der Waals surface area contributed by atoms with Crippen molar-refractivity contribution in [3.05, 3.63) is 0 Å². The molecule has 0 spiro atoms. The molecule has 0 radical (unpaired) electrons. The van der Waals surface area contributed by atoms with Crippen LogP contribution in [0.5, 0.6) is 0 Å². The maximum absolute atomic E-state index is 12.6. The van der Waals surface area contributed by atoms with Crippen LogP contribution < -0.4 is 5.73 Å². The first kappa shape index (κ1) is 16.8. The average Bonchev–Trinajstić information content (AvgIpc) is 2.81. The number of hydrogen-bond acceptors (Lipinski definition) is 3. The first-order valence-electron chi connectivity index (χ1n) is 9.02. The molecule has 21 heavy (non-hydrogen) atoms. The Bertz CT molecular complexity index is 292. The zero-order valence-electron chi connectivity index (χ0n) is 13.6. The van der Waals surface area contributed by atoms with E-state index < -0.39 is 0 Å². The van der Waals surface area contributed by atoms with Gasteiger partial charge in [0.15, 0.2) is 0 Å². The number of rotatable bonds is 6. The first-order chi connectivity index (χ1) is 10.3. The van der Waals surface area contributed by atoms with Crippen LogP contribution in [-0.2, 0) is 4.79 Å². The average molecular weight is 295 g/mol. The fourth-order valence-corrected chi connectivity index (χ4v) is 3.63. The summed E-state index contributed by atoms with van der Waals surface area (Å²) in [6, 6.07) is 0. The van der Waals surface area contributed by atoms with Crippen molar-refractivity contribution in [1.29, 1.82) is 0 Å². The molecule has 0 atom stereocenters. The molecule has 2 fully saturated rings. The van der Waals surface area contributed by atoms with Crippen LogP contribution in [0.15, 0.2) is 0 Å². The summed E-state index contributed by atoms with van der Waals surface area (Å²) in [6.45, 7) is 5.97. The van der Waals surface area contributed by atoms with Gasteiger partial charge in [-0.3, -0.25) is 9.69 Å². The van der Waals surface area contributed by atoms with Crippen molar-refractivity contribution in [2.45, 2.75) is 57.8 Å². The van der Waals surface area contributed by atoms with Crippen molar-refractivity contribution in [3.8, 4) is 0 Å². The van der Waals surface area contributed by atoms with Gasteiger partial charge in [0.25, 0.3) is 0 Å². The largest absolute Gasteiger partial charge is 0.340 e. The molecule has 1 aliphatic heterocycles. The standard InChI is InChI=1S/C17H33N3O/c18-10-6-3-7-11-19-12-14-20(15-13-19)17(21)16-8-4-1-2-5-9-16/h16H,1-15,18H2. The Labute approximate surface area is 130 Å². The maximum Gasteiger partial charge on any atom is 0.225 e. The van der Waals surface area contributed by atoms with Crippen LogP contribution in [0.3, 0.4) is 0 Å². The third-order valence-corrected chi connectivity index (χ3v) is 5.07. The molecule has 0 aromatic rings. The van der Waals surface area contributed by atoms with Crippen LogP contribution in [0.4, 0.5) is 0 Å². The lowest BCUT2D eigenvalue weighted by atomic mass is 9.98. The molecule has 2 N–H and O–H groups in total. The van der Waals surface area contributed by atoms with E-state index in [2.05, 4.69) is 9.80 Å². The van der Waals surface area contributed by atoms with Crippen LogP contribution in [0.25, 0.3) is 0 Å². The minimum absolute atomic E-state index is 0.323. The van der Waals surface area contributed by atoms with E-state index in [1.54, 1.807) is 0 Å². The second-order valence-corrected chi connectivity index (χ2v) is 6.70. The summed E-state index contributed by atoms with van der Waals surface area (Å²) in [5.41, 5.74) is 5.52. The molecule has 4 heteroatoms. The van der Waals surface area contributed by atoms with Gasteiger partial charge < -0.3 is 10.6 Å². The lowest BCUT2D eigenvalue weighted by molar-refractivity contribution is -0.137. The molecule has 4 nitrogen and oxygen atoms in total. The minimum atomic E-state index is 0.323. The minimum Gasteiger partial charge on any atom is -0.340 e. The third-order valence-electron chi connectivity index (χ3n) is 5.07. The van der Waals surface area contributed by atoms with E-state index in [9.17, 15) is 4.79 Å². The molecule has 1 heterocycles. The predicted molar refractivity (Wildman–Crippen MR) is 87.1 cm³/mol. The van der Waals surface area contributed by atoms with Crippen molar-refractivity contribution >= 4 is 5.91 Å². The van der Waals surface area contributed by atoms with E-state index in [1.165, 1.54) is 45.1 Å². The van der Waals surface area contributed by atoms with Crippen LogP contribution in [0, 0.1) is 5.92 Å². The van der Waals surface area contributed by atoms with E-state index >= 15 is 0 Å². The number of amides is 1. The lowest BCUT2D eigenvalue weighted by Gasteiger charge is -2.36. The summed E-state index contributed by atoms with van der Waals surface area (Å²) in [5.74, 6) is 0.767. The highest BCUT2D eigenvalue weighted by atomic mass is 16.2. The highest BCUT2D eigenvalue weighted by Crippen LogP contribution is 2.25. The fourth-order valence-electron chi connectivity index (χ4n) is 3.63. The van der Waals surface area contributed by atoms with Crippen molar-refractivity contribution in [3.63, 3.8) is 0 Å². The SMILES string of the molecule is NCCCCCN1CCN(C(=O)C2CCCCCC2)CC1. The number of nitrogens with zero attached hydrogens (tertiary/aromatic N) is 2. The number of carbonyl (C=O) groups is 1. The van der Waals surface area contributed by atoms with Gasteiger partial charge in [0, 0.05) is 32.1 Å². The molecule has 2 aliphatic rings. The lowest BCUT2D eigenvalue weighted by Crippen LogP contribution is -2.50. The summed E-state index contributed by atoms with van der Waals surface area (Å²) in [4.78, 5) is 17.2. The molecule has 0 bridgehead atoms. The van der Waals surface area contributed by atoms with Gasteiger partial charge in [-0.1, -0.05) is 32.1 Å². The van der Waals surface area contributed by atoms with Gasteiger partial charge in [-0.25, -0.2) is 0 Å². The van der Waals surface area contributed by atoms with Crippen LogP contribution in [0.2, 0.25) is 0 Å². The Morgan fingerprint density at radius 1 is 0.905 bits per heavy atom. The molecule has 1 saturated carbocycles. The number of nitrogens with two attached hydrogens (primary N) is 1. The maximum atomic E-state index is 12.6. The van der Waals surface area contributed by atoms with Gasteiger partial charge in [-0.05, 0) is 38.8 Å². The molecule has 1 saturated heterocycles. The molecule has 2 rings (SSSR count). The van der Waals surface area contributed by atoms with E-state index in [0.717, 1.165) is 52.0 Å². The van der Waals surface area contributed by atoms with Gasteiger partial charge >= 0.3 is 0 Å². The zero-order valence-corrected chi connectivity index (χ0v) is 13.6. The summed E-state index contributed by atoms with van der Waals surface area (Å²) in [5, 5.41) is 0. The summed E-state index contributed by atoms with van der Waals surface area (Å²) >= 11 is 0. The van der Waals surface area contributed by atoms with Gasteiger partial charge in [0.2, 0.25) is 5.91 Å². The molecule has 1 aliphatic carbocycles. The quantitative estimate of drug-likeness (QED) is 0.604. The van der Waals surface area contributed by atoms with E-state index in [0.29, 0.717) is 11.8 Å². The number of hydrogen-bond donors (Lipinski definition) is 1. The second kappa shape index (κ2) is 9.42. The highest BCUT2D eigenvalue weighted by Gasteiger charge is 2.27. The van der Waals surface area contributed by atoms with Crippen molar-refractivity contribution in [1.82, 2.24) is 9.80 Å². The van der Waals surface area contributed by atoms with Crippen molar-refractivity contribution < 1.29 is 4.79 Å². The molecule has 122 valence electrons. The molecule has 0 unspecified atom stereocenters. The monoisotopic (exact) mass is 295 g/mol. The third kappa shape index (κ3) is 5.59. The van der Waals surface area contributed by atoms with E-state index in [-0.39, 0.29) is 0 Å². The molecular weight excluding hydrogens is 262 g/mol. The second-order valence-electron chi connectivity index (χ2n) is 6.70. The van der Waals surface area contributed by atoms with Crippen molar-refractivity contribution in [2.24, 2.45) is 11.7 Å². The van der Waals surface area contributed by atoms with Crippen molar-refractivity contribution in [2.75, 3.05) is 39.3 Å². The molecule has 1 amide bonds. The number of piperazine rings is 1. The first-order valence-corrected chi connectivity index (χ1v) is 9.02. The summed E-state index contributed by atoms with van der Waals surface area (Å²) < 4.78 is 0. The zero-order chi connectivity index (χ0) is 14.9. The van der Waals surface area contributed by atoms with E-state index in [4.69, 9.17) is 5.73 Å². The normalized spacial score (nSPS) is 22.2.